The third-order valence-electron chi connectivity index (χ3n) is 1.46. The molecule has 2 N–H and O–H groups in total. The van der Waals surface area contributed by atoms with Crippen molar-refractivity contribution in [1.29, 1.82) is 0 Å². The molecule has 66 valence electrons. The number of carboxylic acid groups (broad SMARTS) is 1. The van der Waals surface area contributed by atoms with Gasteiger partial charge in [-0.3, -0.25) is 0 Å². The molecule has 0 aliphatic rings. The molecule has 0 spiro atoms. The van der Waals surface area contributed by atoms with Crippen LogP contribution >= 0.6 is 0 Å². The van der Waals surface area contributed by atoms with E-state index in [2.05, 4.69) is 0 Å². The molecule has 1 aromatic carbocycles. The van der Waals surface area contributed by atoms with Crippen molar-refractivity contribution in [2.45, 2.75) is 14.4 Å². The van der Waals surface area contributed by atoms with Crippen LogP contribution < -0.4 is 0 Å². The molecule has 0 atom stereocenters. The number of aryl methyl sites for hydroxylation is 1. The number of carbonyl (C=O) groups is 1. The van der Waals surface area contributed by atoms with E-state index in [1.807, 2.05) is 0 Å². The summed E-state index contributed by atoms with van der Waals surface area (Å²) < 4.78 is 0. The van der Waals surface area contributed by atoms with Crippen molar-refractivity contribution in [3.63, 3.8) is 0 Å². The molecule has 0 saturated heterocycles. The fraction of sp³-hybridized carbons (Fsp3) is 0.222. The predicted molar refractivity (Wildman–Crippen MR) is 46.5 cm³/mol. The SMILES string of the molecule is C.Cc1cccc(O)c1C(=O)O. The first-order chi connectivity index (χ1) is 5.13. The Balaban J connectivity index is 0.00000121. The maximum absolute atomic E-state index is 10.5. The molecular weight excluding hydrogens is 156 g/mol. The summed E-state index contributed by atoms with van der Waals surface area (Å²) in [6, 6.07) is 4.61. The van der Waals surface area contributed by atoms with Crippen molar-refractivity contribution < 1.29 is 15.0 Å². The van der Waals surface area contributed by atoms with E-state index in [-0.39, 0.29) is 18.7 Å². The lowest BCUT2D eigenvalue weighted by Gasteiger charge is -2.01. The zero-order valence-corrected chi connectivity index (χ0v) is 6.03. The van der Waals surface area contributed by atoms with Crippen LogP contribution in [0.5, 0.6) is 5.75 Å². The van der Waals surface area contributed by atoms with Gasteiger partial charge >= 0.3 is 5.97 Å². The van der Waals surface area contributed by atoms with Crippen molar-refractivity contribution in [2.75, 3.05) is 0 Å². The van der Waals surface area contributed by atoms with Gasteiger partial charge in [-0.15, -0.1) is 0 Å². The van der Waals surface area contributed by atoms with Gasteiger partial charge in [0.05, 0.1) is 0 Å². The number of hydrogen-bond acceptors (Lipinski definition) is 2. The first-order valence-corrected chi connectivity index (χ1v) is 3.15. The average molecular weight is 168 g/mol. The van der Waals surface area contributed by atoms with Crippen molar-refractivity contribution in [3.05, 3.63) is 29.3 Å². The monoisotopic (exact) mass is 168 g/mol. The second-order valence-electron chi connectivity index (χ2n) is 2.27. The Hall–Kier alpha value is -1.51. The van der Waals surface area contributed by atoms with E-state index in [4.69, 9.17) is 10.2 Å². The topological polar surface area (TPSA) is 57.5 Å². The van der Waals surface area contributed by atoms with Crippen molar-refractivity contribution in [3.8, 4) is 5.75 Å². The molecule has 0 aliphatic carbocycles. The maximum Gasteiger partial charge on any atom is 0.339 e. The molecule has 1 rings (SSSR count). The normalized spacial score (nSPS) is 8.75. The molecule has 0 radical (unpaired) electrons. The molecule has 0 heterocycles. The highest BCUT2D eigenvalue weighted by atomic mass is 16.4. The molecule has 0 aromatic heterocycles. The zero-order valence-electron chi connectivity index (χ0n) is 6.03. The van der Waals surface area contributed by atoms with Crippen LogP contribution in [0.1, 0.15) is 23.3 Å². The van der Waals surface area contributed by atoms with Gasteiger partial charge in [0.2, 0.25) is 0 Å². The third-order valence-corrected chi connectivity index (χ3v) is 1.46. The number of hydrogen-bond donors (Lipinski definition) is 2. The van der Waals surface area contributed by atoms with Crippen LogP contribution in [0.25, 0.3) is 0 Å². The Bertz CT molecular complexity index is 272. The molecule has 0 bridgehead atoms. The highest BCUT2D eigenvalue weighted by Gasteiger charge is 2.10. The summed E-state index contributed by atoms with van der Waals surface area (Å²) in [5.41, 5.74) is 0.546. The van der Waals surface area contributed by atoms with E-state index in [1.165, 1.54) is 6.07 Å². The largest absolute Gasteiger partial charge is 0.507 e. The number of rotatable bonds is 1. The Morgan fingerprint density at radius 3 is 2.33 bits per heavy atom. The summed E-state index contributed by atoms with van der Waals surface area (Å²) in [7, 11) is 0. The first kappa shape index (κ1) is 10.5. The second-order valence-corrected chi connectivity index (χ2v) is 2.27. The van der Waals surface area contributed by atoms with Gasteiger partial charge in [-0.05, 0) is 18.6 Å². The first-order valence-electron chi connectivity index (χ1n) is 3.15. The van der Waals surface area contributed by atoms with Crippen LogP contribution in [0.4, 0.5) is 0 Å². The van der Waals surface area contributed by atoms with Crippen LogP contribution in [0.2, 0.25) is 0 Å². The van der Waals surface area contributed by atoms with Crippen molar-refractivity contribution >= 4 is 5.97 Å². The predicted octanol–water partition coefficient (Wildman–Crippen LogP) is 2.03. The number of aromatic carboxylic acids is 1. The Labute approximate surface area is 71.3 Å². The zero-order chi connectivity index (χ0) is 8.43. The third kappa shape index (κ3) is 1.75. The quantitative estimate of drug-likeness (QED) is 0.674. The van der Waals surface area contributed by atoms with Crippen LogP contribution in [-0.4, -0.2) is 16.2 Å². The second kappa shape index (κ2) is 3.76. The standard InChI is InChI=1S/C8H8O3.CH4/c1-5-3-2-4-6(9)7(5)8(10)11;/h2-4,9H,1H3,(H,10,11);1H4. The molecule has 0 amide bonds. The van der Waals surface area contributed by atoms with Gasteiger partial charge in [-0.1, -0.05) is 19.6 Å². The van der Waals surface area contributed by atoms with Crippen molar-refractivity contribution in [2.24, 2.45) is 0 Å². The number of carboxylic acids is 1. The van der Waals surface area contributed by atoms with Crippen molar-refractivity contribution in [1.82, 2.24) is 0 Å². The fourth-order valence-electron chi connectivity index (χ4n) is 0.931. The summed E-state index contributed by atoms with van der Waals surface area (Å²) in [5.74, 6) is -1.28. The van der Waals surface area contributed by atoms with E-state index in [1.54, 1.807) is 19.1 Å². The number of benzene rings is 1. The summed E-state index contributed by atoms with van der Waals surface area (Å²) in [4.78, 5) is 10.5. The maximum atomic E-state index is 10.5. The average Bonchev–Trinajstić information content (AvgIpc) is 1.85. The summed E-state index contributed by atoms with van der Waals surface area (Å²) in [6.07, 6.45) is 0. The smallest absolute Gasteiger partial charge is 0.339 e. The molecule has 0 unspecified atom stereocenters. The highest BCUT2D eigenvalue weighted by molar-refractivity contribution is 5.92. The van der Waals surface area contributed by atoms with E-state index < -0.39 is 5.97 Å². The molecular formula is C9H12O3. The summed E-state index contributed by atoms with van der Waals surface area (Å²) in [6.45, 7) is 1.64. The Morgan fingerprint density at radius 1 is 1.42 bits per heavy atom. The van der Waals surface area contributed by atoms with Crippen LogP contribution in [0, 0.1) is 6.92 Å². The van der Waals surface area contributed by atoms with Gasteiger partial charge in [0, 0.05) is 0 Å². The Morgan fingerprint density at radius 2 is 2.00 bits per heavy atom. The number of aromatic hydroxyl groups is 1. The van der Waals surface area contributed by atoms with E-state index in [0.717, 1.165) is 0 Å². The van der Waals surface area contributed by atoms with Crippen LogP contribution in [0.15, 0.2) is 18.2 Å². The van der Waals surface area contributed by atoms with E-state index >= 15 is 0 Å². The number of phenols is 1. The molecule has 3 nitrogen and oxygen atoms in total. The minimum Gasteiger partial charge on any atom is -0.507 e. The van der Waals surface area contributed by atoms with Gasteiger partial charge in [0.15, 0.2) is 0 Å². The summed E-state index contributed by atoms with van der Waals surface area (Å²) >= 11 is 0. The highest BCUT2D eigenvalue weighted by Crippen LogP contribution is 2.19. The van der Waals surface area contributed by atoms with Gasteiger partial charge in [-0.2, -0.15) is 0 Å². The minimum atomic E-state index is -1.10. The van der Waals surface area contributed by atoms with Crippen LogP contribution in [-0.2, 0) is 0 Å². The lowest BCUT2D eigenvalue weighted by Crippen LogP contribution is -1.99. The van der Waals surface area contributed by atoms with Gasteiger partial charge < -0.3 is 10.2 Å². The molecule has 3 heteroatoms. The van der Waals surface area contributed by atoms with Gasteiger partial charge in [-0.25, -0.2) is 4.79 Å². The Kier molecular flexibility index (Phi) is 3.29. The van der Waals surface area contributed by atoms with Gasteiger partial charge in [0.25, 0.3) is 0 Å². The minimum absolute atomic E-state index is 0. The van der Waals surface area contributed by atoms with E-state index in [9.17, 15) is 4.79 Å². The lowest BCUT2D eigenvalue weighted by molar-refractivity contribution is 0.0693. The molecule has 1 aromatic rings. The molecule has 0 fully saturated rings. The van der Waals surface area contributed by atoms with E-state index in [0.29, 0.717) is 5.56 Å². The van der Waals surface area contributed by atoms with Crippen LogP contribution in [0.3, 0.4) is 0 Å². The molecule has 12 heavy (non-hydrogen) atoms. The van der Waals surface area contributed by atoms with Gasteiger partial charge in [0.1, 0.15) is 11.3 Å². The lowest BCUT2D eigenvalue weighted by atomic mass is 10.1. The molecule has 0 aliphatic heterocycles. The fourth-order valence-corrected chi connectivity index (χ4v) is 0.931. The molecule has 0 saturated carbocycles. The summed E-state index contributed by atoms with van der Waals surface area (Å²) in [5, 5.41) is 17.7.